The zero-order valence-corrected chi connectivity index (χ0v) is 15.8. The lowest BCUT2D eigenvalue weighted by atomic mass is 10.1. The monoisotopic (exact) mass is 385 g/mol. The maximum atomic E-state index is 12.1. The number of carbonyl (C=O) groups is 1. The topological polar surface area (TPSA) is 110 Å². The molecule has 1 saturated heterocycles. The van der Waals surface area contributed by atoms with E-state index in [0.29, 0.717) is 17.3 Å². The van der Waals surface area contributed by atoms with Crippen molar-refractivity contribution in [1.29, 1.82) is 0 Å². The molecule has 3 rings (SSSR count). The predicted octanol–water partition coefficient (Wildman–Crippen LogP) is 2.49. The molecule has 0 saturated carbocycles. The number of benzene rings is 1. The van der Waals surface area contributed by atoms with E-state index in [0.717, 1.165) is 31.7 Å². The summed E-state index contributed by atoms with van der Waals surface area (Å²) in [6, 6.07) is 7.28. The largest absolute Gasteiger partial charge is 0.476 e. The van der Waals surface area contributed by atoms with Gasteiger partial charge < -0.3 is 15.0 Å². The van der Waals surface area contributed by atoms with Crippen molar-refractivity contribution < 1.29 is 14.5 Å². The third-order valence-electron chi connectivity index (χ3n) is 4.46. The van der Waals surface area contributed by atoms with Gasteiger partial charge in [0.25, 0.3) is 11.6 Å². The van der Waals surface area contributed by atoms with Crippen LogP contribution in [0.5, 0.6) is 5.88 Å². The van der Waals surface area contributed by atoms with Crippen molar-refractivity contribution in [3.05, 3.63) is 51.8 Å². The van der Waals surface area contributed by atoms with Gasteiger partial charge in [-0.3, -0.25) is 14.9 Å². The summed E-state index contributed by atoms with van der Waals surface area (Å²) in [6.45, 7) is 4.35. The Hall–Kier alpha value is -3.23. The van der Waals surface area contributed by atoms with E-state index in [1.807, 2.05) is 13.0 Å². The van der Waals surface area contributed by atoms with Crippen LogP contribution in [-0.4, -0.2) is 47.0 Å². The summed E-state index contributed by atoms with van der Waals surface area (Å²) in [6.07, 6.45) is 3.57. The van der Waals surface area contributed by atoms with Gasteiger partial charge in [-0.2, -0.15) is 4.98 Å². The number of anilines is 1. The molecule has 9 heteroatoms. The number of ether oxygens (including phenoxy) is 1. The summed E-state index contributed by atoms with van der Waals surface area (Å²) in [4.78, 5) is 33.3. The van der Waals surface area contributed by atoms with Crippen LogP contribution in [0.15, 0.2) is 30.3 Å². The summed E-state index contributed by atoms with van der Waals surface area (Å²) in [7, 11) is 0. The van der Waals surface area contributed by atoms with Crippen LogP contribution in [0.3, 0.4) is 0 Å². The first-order chi connectivity index (χ1) is 13.5. The van der Waals surface area contributed by atoms with E-state index in [-0.39, 0.29) is 24.7 Å². The fourth-order valence-corrected chi connectivity index (χ4v) is 3.04. The number of nitrogens with zero attached hydrogens (tertiary/aromatic N) is 4. The minimum absolute atomic E-state index is 0.0523. The first-order valence-electron chi connectivity index (χ1n) is 9.29. The van der Waals surface area contributed by atoms with Crippen LogP contribution in [-0.2, 0) is 0 Å². The molecule has 1 aromatic carbocycles. The summed E-state index contributed by atoms with van der Waals surface area (Å²) in [5, 5.41) is 13.4. The third kappa shape index (κ3) is 5.15. The van der Waals surface area contributed by atoms with Gasteiger partial charge in [-0.25, -0.2) is 4.98 Å². The number of piperidine rings is 1. The number of nitro benzene ring substituents is 1. The standard InChI is InChI=1S/C19H23N5O4/c1-14-21-17(23-10-3-2-4-11-23)13-18(22-14)28-12-9-20-19(25)15-5-7-16(8-6-15)24(26)27/h5-8,13H,2-4,9-12H2,1H3,(H,20,25). The number of rotatable bonds is 7. The van der Waals surface area contributed by atoms with Crippen LogP contribution in [0.2, 0.25) is 0 Å². The van der Waals surface area contributed by atoms with Crippen LogP contribution in [0.1, 0.15) is 35.4 Å². The number of non-ortho nitro benzene ring substituents is 1. The predicted molar refractivity (Wildman–Crippen MR) is 104 cm³/mol. The number of carbonyl (C=O) groups excluding carboxylic acids is 1. The molecule has 1 amide bonds. The zero-order chi connectivity index (χ0) is 19.9. The van der Waals surface area contributed by atoms with Crippen molar-refractivity contribution in [3.63, 3.8) is 0 Å². The average molecular weight is 385 g/mol. The van der Waals surface area contributed by atoms with E-state index in [9.17, 15) is 14.9 Å². The Labute approximate surface area is 162 Å². The molecule has 0 spiro atoms. The van der Waals surface area contributed by atoms with E-state index in [2.05, 4.69) is 20.2 Å². The van der Waals surface area contributed by atoms with Gasteiger partial charge >= 0.3 is 0 Å². The molecule has 1 aliphatic heterocycles. The maximum Gasteiger partial charge on any atom is 0.269 e. The van der Waals surface area contributed by atoms with Gasteiger partial charge in [0, 0.05) is 36.9 Å². The Bertz CT molecular complexity index is 835. The molecule has 2 heterocycles. The number of aromatic nitrogens is 2. The number of aryl methyl sites for hydroxylation is 1. The Morgan fingerprint density at radius 1 is 1.21 bits per heavy atom. The normalized spacial score (nSPS) is 13.8. The first kappa shape index (κ1) is 19.5. The highest BCUT2D eigenvalue weighted by Gasteiger charge is 2.14. The minimum Gasteiger partial charge on any atom is -0.476 e. The molecular weight excluding hydrogens is 362 g/mol. The van der Waals surface area contributed by atoms with Crippen molar-refractivity contribution in [2.24, 2.45) is 0 Å². The highest BCUT2D eigenvalue weighted by Crippen LogP contribution is 2.21. The molecule has 148 valence electrons. The molecule has 9 nitrogen and oxygen atoms in total. The Morgan fingerprint density at radius 2 is 1.93 bits per heavy atom. The van der Waals surface area contributed by atoms with E-state index in [1.54, 1.807) is 0 Å². The van der Waals surface area contributed by atoms with E-state index < -0.39 is 4.92 Å². The molecule has 28 heavy (non-hydrogen) atoms. The Balaban J connectivity index is 1.50. The van der Waals surface area contributed by atoms with Crippen LogP contribution < -0.4 is 15.0 Å². The molecule has 0 unspecified atom stereocenters. The molecule has 0 aliphatic carbocycles. The maximum absolute atomic E-state index is 12.1. The van der Waals surface area contributed by atoms with Crippen LogP contribution in [0.25, 0.3) is 0 Å². The summed E-state index contributed by atoms with van der Waals surface area (Å²) in [5.74, 6) is 1.69. The van der Waals surface area contributed by atoms with Gasteiger partial charge in [0.05, 0.1) is 11.5 Å². The second-order valence-corrected chi connectivity index (χ2v) is 6.57. The Morgan fingerprint density at radius 3 is 2.61 bits per heavy atom. The van der Waals surface area contributed by atoms with E-state index in [1.165, 1.54) is 30.7 Å². The number of nitrogens with one attached hydrogen (secondary N) is 1. The Kier molecular flexibility index (Phi) is 6.36. The summed E-state index contributed by atoms with van der Waals surface area (Å²) in [5.41, 5.74) is 0.305. The fraction of sp³-hybridized carbons (Fsp3) is 0.421. The first-order valence-corrected chi connectivity index (χ1v) is 9.29. The second-order valence-electron chi connectivity index (χ2n) is 6.57. The average Bonchev–Trinajstić information content (AvgIpc) is 2.71. The molecule has 0 radical (unpaired) electrons. The summed E-state index contributed by atoms with van der Waals surface area (Å²) >= 11 is 0. The lowest BCUT2D eigenvalue weighted by Gasteiger charge is -2.28. The molecule has 1 fully saturated rings. The van der Waals surface area contributed by atoms with E-state index in [4.69, 9.17) is 4.74 Å². The number of hydrogen-bond donors (Lipinski definition) is 1. The molecule has 0 atom stereocenters. The third-order valence-corrected chi connectivity index (χ3v) is 4.46. The zero-order valence-electron chi connectivity index (χ0n) is 15.8. The number of amides is 1. The second kappa shape index (κ2) is 9.12. The van der Waals surface area contributed by atoms with Crippen molar-refractivity contribution in [2.45, 2.75) is 26.2 Å². The molecule has 2 aromatic rings. The van der Waals surface area contributed by atoms with Crippen molar-refractivity contribution >= 4 is 17.4 Å². The van der Waals surface area contributed by atoms with Gasteiger partial charge in [-0.15, -0.1) is 0 Å². The van der Waals surface area contributed by atoms with Gasteiger partial charge in [0.15, 0.2) is 0 Å². The van der Waals surface area contributed by atoms with E-state index >= 15 is 0 Å². The molecule has 1 N–H and O–H groups in total. The molecule has 1 aromatic heterocycles. The quantitative estimate of drug-likeness (QED) is 0.443. The van der Waals surface area contributed by atoms with Crippen molar-refractivity contribution in [2.75, 3.05) is 31.1 Å². The van der Waals surface area contributed by atoms with Crippen LogP contribution >= 0.6 is 0 Å². The molecular formula is C19H23N5O4. The van der Waals surface area contributed by atoms with Gasteiger partial charge in [-0.1, -0.05) is 0 Å². The van der Waals surface area contributed by atoms with Crippen molar-refractivity contribution in [1.82, 2.24) is 15.3 Å². The van der Waals surface area contributed by atoms with Gasteiger partial charge in [-0.05, 0) is 38.3 Å². The van der Waals surface area contributed by atoms with Gasteiger partial charge in [0.1, 0.15) is 18.2 Å². The van der Waals surface area contributed by atoms with Crippen molar-refractivity contribution in [3.8, 4) is 5.88 Å². The lowest BCUT2D eigenvalue weighted by Crippen LogP contribution is -2.30. The number of hydrogen-bond acceptors (Lipinski definition) is 7. The molecule has 1 aliphatic rings. The minimum atomic E-state index is -0.503. The smallest absolute Gasteiger partial charge is 0.269 e. The fourth-order valence-electron chi connectivity index (χ4n) is 3.04. The number of nitro groups is 1. The van der Waals surface area contributed by atoms with Gasteiger partial charge in [0.2, 0.25) is 5.88 Å². The lowest BCUT2D eigenvalue weighted by molar-refractivity contribution is -0.384. The molecule has 0 bridgehead atoms. The summed E-state index contributed by atoms with van der Waals surface area (Å²) < 4.78 is 5.67. The highest BCUT2D eigenvalue weighted by atomic mass is 16.6. The van der Waals surface area contributed by atoms with Crippen LogP contribution in [0, 0.1) is 17.0 Å². The SMILES string of the molecule is Cc1nc(OCCNC(=O)c2ccc([N+](=O)[O-])cc2)cc(N2CCCCC2)n1. The highest BCUT2D eigenvalue weighted by molar-refractivity contribution is 5.94. The van der Waals surface area contributed by atoms with Crippen LogP contribution in [0.4, 0.5) is 11.5 Å².